The molecule has 0 saturated heterocycles. The van der Waals surface area contributed by atoms with Gasteiger partial charge in [0.1, 0.15) is 0 Å². The van der Waals surface area contributed by atoms with E-state index in [9.17, 15) is 0 Å². The van der Waals surface area contributed by atoms with Gasteiger partial charge in [-0.05, 0) is 5.56 Å². The molecule has 0 aliphatic rings. The van der Waals surface area contributed by atoms with Crippen molar-refractivity contribution >= 4 is 0 Å². The van der Waals surface area contributed by atoms with Crippen molar-refractivity contribution in [1.82, 2.24) is 0 Å². The van der Waals surface area contributed by atoms with E-state index in [0.717, 1.165) is 6.42 Å². The van der Waals surface area contributed by atoms with Crippen LogP contribution in [-0.2, 0) is 6.42 Å². The van der Waals surface area contributed by atoms with Gasteiger partial charge in [0.2, 0.25) is 0 Å². The first-order valence-electron chi connectivity index (χ1n) is 3.16. The number of benzene rings is 1. The Morgan fingerprint density at radius 3 is 2.50 bits per heavy atom. The van der Waals surface area contributed by atoms with Crippen molar-refractivity contribution in [1.29, 1.82) is 0 Å². The molecule has 1 nitrogen and oxygen atoms in total. The quantitative estimate of drug-likeness (QED) is 0.449. The maximum atomic E-state index is 5.02. The molecule has 0 aliphatic carbocycles. The number of hydrogen-bond acceptors (Lipinski definition) is 1. The third kappa shape index (κ3) is 1.83. The minimum Gasteiger partial charge on any atom is -0.359 e. The molecule has 1 rings (SSSR count). The standard InChI is InChI=1S/C9H9N/c10-8-4-7-9-5-2-1-3-6-9/h1-3,5-6H,7,10H2. The molecule has 0 aliphatic heterocycles. The minimum atomic E-state index is 0.747. The minimum absolute atomic E-state index is 0.747. The third-order valence-corrected chi connectivity index (χ3v) is 1.24. The molecular formula is C9H9N. The second-order valence-corrected chi connectivity index (χ2v) is 1.98. The van der Waals surface area contributed by atoms with Crippen LogP contribution in [0.25, 0.3) is 0 Å². The summed E-state index contributed by atoms with van der Waals surface area (Å²) in [6, 6.07) is 12.4. The lowest BCUT2D eigenvalue weighted by Gasteiger charge is -1.89. The van der Waals surface area contributed by atoms with E-state index in [1.54, 1.807) is 0 Å². The molecule has 0 bridgehead atoms. The predicted octanol–water partition coefficient (Wildman–Crippen LogP) is 1.15. The van der Waals surface area contributed by atoms with Crippen LogP contribution in [0, 0.1) is 12.0 Å². The Labute approximate surface area is 60.9 Å². The van der Waals surface area contributed by atoms with E-state index in [1.165, 1.54) is 5.56 Å². The van der Waals surface area contributed by atoms with E-state index in [1.807, 2.05) is 30.3 Å². The van der Waals surface area contributed by atoms with Crippen LogP contribution in [-0.4, -0.2) is 0 Å². The normalized spacial score (nSPS) is 8.00. The molecule has 1 aromatic carbocycles. The fourth-order valence-corrected chi connectivity index (χ4v) is 0.749. The maximum absolute atomic E-state index is 5.02. The molecule has 1 aromatic rings. The van der Waals surface area contributed by atoms with E-state index >= 15 is 0 Å². The summed E-state index contributed by atoms with van der Waals surface area (Å²) >= 11 is 0. The molecule has 0 fully saturated rings. The molecule has 0 heterocycles. The number of nitrogens with two attached hydrogens (primary N) is 1. The van der Waals surface area contributed by atoms with Crippen molar-refractivity contribution in [2.45, 2.75) is 6.42 Å². The van der Waals surface area contributed by atoms with E-state index in [-0.39, 0.29) is 0 Å². The molecule has 0 radical (unpaired) electrons. The lowest BCUT2D eigenvalue weighted by atomic mass is 10.2. The summed E-state index contributed by atoms with van der Waals surface area (Å²) in [5, 5.41) is 0. The molecule has 1 heteroatoms. The van der Waals surface area contributed by atoms with Crippen LogP contribution in [0.3, 0.4) is 0 Å². The van der Waals surface area contributed by atoms with Crippen molar-refractivity contribution in [2.75, 3.05) is 0 Å². The van der Waals surface area contributed by atoms with Crippen molar-refractivity contribution in [3.8, 4) is 12.0 Å². The molecule has 0 amide bonds. The smallest absolute Gasteiger partial charge is 0.0358 e. The maximum Gasteiger partial charge on any atom is 0.0358 e. The second kappa shape index (κ2) is 3.58. The first-order valence-corrected chi connectivity index (χ1v) is 3.16. The van der Waals surface area contributed by atoms with E-state index in [4.69, 9.17) is 5.73 Å². The van der Waals surface area contributed by atoms with Crippen LogP contribution in [0.15, 0.2) is 30.3 Å². The summed E-state index contributed by atoms with van der Waals surface area (Å²) in [6.07, 6.45) is 0.747. The monoisotopic (exact) mass is 131 g/mol. The first kappa shape index (κ1) is 6.70. The summed E-state index contributed by atoms with van der Waals surface area (Å²) in [7, 11) is 0. The Kier molecular flexibility index (Phi) is 2.39. The molecule has 10 heavy (non-hydrogen) atoms. The molecule has 0 spiro atoms. The Morgan fingerprint density at radius 2 is 1.90 bits per heavy atom. The summed E-state index contributed by atoms with van der Waals surface area (Å²) in [5.41, 5.74) is 6.22. The Balaban J connectivity index is 2.64. The van der Waals surface area contributed by atoms with Crippen LogP contribution < -0.4 is 5.73 Å². The van der Waals surface area contributed by atoms with Gasteiger partial charge in [-0.25, -0.2) is 0 Å². The third-order valence-electron chi connectivity index (χ3n) is 1.24. The second-order valence-electron chi connectivity index (χ2n) is 1.98. The average Bonchev–Trinajstić information content (AvgIpc) is 2.03. The molecule has 2 N–H and O–H groups in total. The predicted molar refractivity (Wildman–Crippen MR) is 42.1 cm³/mol. The Morgan fingerprint density at radius 1 is 1.20 bits per heavy atom. The lowest BCUT2D eigenvalue weighted by Crippen LogP contribution is -1.82. The highest BCUT2D eigenvalue weighted by molar-refractivity contribution is 5.19. The molecule has 0 saturated carbocycles. The molecule has 50 valence electrons. The Hall–Kier alpha value is -1.42. The van der Waals surface area contributed by atoms with Crippen molar-refractivity contribution in [3.63, 3.8) is 0 Å². The first-order chi connectivity index (χ1) is 4.93. The zero-order chi connectivity index (χ0) is 7.23. The van der Waals surface area contributed by atoms with Gasteiger partial charge in [-0.15, -0.1) is 0 Å². The highest BCUT2D eigenvalue weighted by atomic mass is 14.4. The summed E-state index contributed by atoms with van der Waals surface area (Å²) < 4.78 is 0. The van der Waals surface area contributed by atoms with Crippen LogP contribution in [0.2, 0.25) is 0 Å². The fourth-order valence-electron chi connectivity index (χ4n) is 0.749. The van der Waals surface area contributed by atoms with E-state index in [2.05, 4.69) is 12.0 Å². The van der Waals surface area contributed by atoms with Gasteiger partial charge < -0.3 is 5.73 Å². The summed E-state index contributed by atoms with van der Waals surface area (Å²) in [6.45, 7) is 0. The molecule has 0 unspecified atom stereocenters. The number of hydrogen-bond donors (Lipinski definition) is 1. The van der Waals surface area contributed by atoms with Crippen molar-refractivity contribution < 1.29 is 0 Å². The van der Waals surface area contributed by atoms with Gasteiger partial charge in [0.15, 0.2) is 0 Å². The molecular weight excluding hydrogens is 122 g/mol. The highest BCUT2D eigenvalue weighted by Gasteiger charge is 1.83. The summed E-state index contributed by atoms with van der Waals surface area (Å²) in [5.74, 6) is 2.79. The zero-order valence-electron chi connectivity index (χ0n) is 5.67. The molecule has 0 atom stereocenters. The van der Waals surface area contributed by atoms with Crippen molar-refractivity contribution in [2.24, 2.45) is 5.73 Å². The SMILES string of the molecule is NC#CCc1ccccc1. The fraction of sp³-hybridized carbons (Fsp3) is 0.111. The van der Waals surface area contributed by atoms with Gasteiger partial charge >= 0.3 is 0 Å². The van der Waals surface area contributed by atoms with E-state index < -0.39 is 0 Å². The van der Waals surface area contributed by atoms with Gasteiger partial charge in [0.05, 0.1) is 0 Å². The van der Waals surface area contributed by atoms with E-state index in [0.29, 0.717) is 0 Å². The average molecular weight is 131 g/mol. The van der Waals surface area contributed by atoms with Gasteiger partial charge in [-0.2, -0.15) is 0 Å². The topological polar surface area (TPSA) is 26.0 Å². The van der Waals surface area contributed by atoms with Gasteiger partial charge in [-0.3, -0.25) is 0 Å². The van der Waals surface area contributed by atoms with Crippen molar-refractivity contribution in [3.05, 3.63) is 35.9 Å². The number of rotatable bonds is 1. The van der Waals surface area contributed by atoms with Crippen LogP contribution in [0.4, 0.5) is 0 Å². The lowest BCUT2D eigenvalue weighted by molar-refractivity contribution is 1.32. The van der Waals surface area contributed by atoms with Crippen LogP contribution in [0.5, 0.6) is 0 Å². The highest BCUT2D eigenvalue weighted by Crippen LogP contribution is 1.97. The van der Waals surface area contributed by atoms with Gasteiger partial charge in [0.25, 0.3) is 0 Å². The largest absolute Gasteiger partial charge is 0.359 e. The molecule has 0 aromatic heterocycles. The Bertz CT molecular complexity index is 240. The van der Waals surface area contributed by atoms with Crippen LogP contribution in [0.1, 0.15) is 5.56 Å². The van der Waals surface area contributed by atoms with Gasteiger partial charge in [-0.1, -0.05) is 36.3 Å². The summed E-state index contributed by atoms with van der Waals surface area (Å²) in [4.78, 5) is 0. The van der Waals surface area contributed by atoms with Gasteiger partial charge in [0, 0.05) is 12.5 Å². The van der Waals surface area contributed by atoms with Crippen LogP contribution >= 0.6 is 0 Å². The zero-order valence-corrected chi connectivity index (χ0v) is 5.67.